The van der Waals surface area contributed by atoms with Crippen molar-refractivity contribution < 1.29 is 9.15 Å². The van der Waals surface area contributed by atoms with Gasteiger partial charge in [0.25, 0.3) is 0 Å². The Morgan fingerprint density at radius 3 is 2.64 bits per heavy atom. The molecule has 22 heavy (non-hydrogen) atoms. The van der Waals surface area contributed by atoms with Crippen LogP contribution < -0.4 is 10.4 Å². The minimum atomic E-state index is -0.345. The molecule has 2 aromatic carbocycles. The molecule has 0 bridgehead atoms. The van der Waals surface area contributed by atoms with Gasteiger partial charge in [0, 0.05) is 22.4 Å². The fraction of sp³-hybridized carbons (Fsp3) is 0.118. The van der Waals surface area contributed by atoms with Crippen LogP contribution in [0.5, 0.6) is 5.75 Å². The highest BCUT2D eigenvalue weighted by molar-refractivity contribution is 8.68. The molecule has 112 valence electrons. The summed E-state index contributed by atoms with van der Waals surface area (Å²) in [6.07, 6.45) is 0. The van der Waals surface area contributed by atoms with Gasteiger partial charge in [-0.3, -0.25) is 0 Å². The first-order chi connectivity index (χ1) is 10.7. The Kier molecular flexibility index (Phi) is 4.45. The third-order valence-corrected chi connectivity index (χ3v) is 4.47. The van der Waals surface area contributed by atoms with Gasteiger partial charge in [-0.2, -0.15) is 0 Å². The van der Waals surface area contributed by atoms with Gasteiger partial charge in [0.2, 0.25) is 0 Å². The maximum absolute atomic E-state index is 11.4. The van der Waals surface area contributed by atoms with Crippen molar-refractivity contribution in [3.05, 3.63) is 70.1 Å². The Morgan fingerprint density at radius 2 is 1.91 bits per heavy atom. The second-order valence-corrected chi connectivity index (χ2v) is 6.13. The standard InChI is InChI=1S/C17H14O3S2/c1-11-8-17(18)20-16-9-13(4-7-15(11)16)19-10-12-2-5-14(22-21)6-3-12/h2-9,21H,10H2,1H3. The molecule has 1 aromatic heterocycles. The second kappa shape index (κ2) is 6.50. The van der Waals surface area contributed by atoms with E-state index in [9.17, 15) is 4.79 Å². The van der Waals surface area contributed by atoms with E-state index in [1.54, 1.807) is 6.07 Å². The molecule has 1 heterocycles. The van der Waals surface area contributed by atoms with Crippen molar-refractivity contribution in [3.63, 3.8) is 0 Å². The van der Waals surface area contributed by atoms with E-state index in [-0.39, 0.29) is 5.63 Å². The van der Waals surface area contributed by atoms with Crippen LogP contribution in [-0.2, 0) is 6.61 Å². The molecule has 0 saturated carbocycles. The van der Waals surface area contributed by atoms with E-state index >= 15 is 0 Å². The van der Waals surface area contributed by atoms with Crippen LogP contribution in [0.15, 0.2) is 62.6 Å². The number of hydrogen-bond acceptors (Lipinski definition) is 5. The third kappa shape index (κ3) is 3.31. The zero-order valence-corrected chi connectivity index (χ0v) is 13.6. The number of aryl methyl sites for hydroxylation is 1. The first-order valence-electron chi connectivity index (χ1n) is 6.73. The van der Waals surface area contributed by atoms with Gasteiger partial charge in [-0.25, -0.2) is 4.79 Å². The van der Waals surface area contributed by atoms with Gasteiger partial charge in [-0.15, -0.1) is 11.7 Å². The number of fused-ring (bicyclic) bond motifs is 1. The minimum Gasteiger partial charge on any atom is -0.489 e. The van der Waals surface area contributed by atoms with Crippen molar-refractivity contribution in [2.75, 3.05) is 0 Å². The van der Waals surface area contributed by atoms with Crippen molar-refractivity contribution in [1.29, 1.82) is 0 Å². The van der Waals surface area contributed by atoms with Crippen molar-refractivity contribution in [3.8, 4) is 5.75 Å². The Morgan fingerprint density at radius 1 is 1.14 bits per heavy atom. The summed E-state index contributed by atoms with van der Waals surface area (Å²) >= 11 is 4.15. The topological polar surface area (TPSA) is 39.4 Å². The summed E-state index contributed by atoms with van der Waals surface area (Å²) in [5.41, 5.74) is 2.17. The van der Waals surface area contributed by atoms with Gasteiger partial charge < -0.3 is 9.15 Å². The fourth-order valence-corrected chi connectivity index (χ4v) is 2.83. The van der Waals surface area contributed by atoms with Gasteiger partial charge in [-0.05, 0) is 42.3 Å². The lowest BCUT2D eigenvalue weighted by Gasteiger charge is -2.08. The van der Waals surface area contributed by atoms with Gasteiger partial charge in [0.1, 0.15) is 17.9 Å². The molecule has 0 atom stereocenters. The summed E-state index contributed by atoms with van der Waals surface area (Å²) in [6, 6.07) is 15.0. The number of ether oxygens (including phenoxy) is 1. The van der Waals surface area contributed by atoms with Crippen LogP contribution >= 0.6 is 22.5 Å². The molecule has 0 fully saturated rings. The van der Waals surface area contributed by atoms with Crippen LogP contribution in [-0.4, -0.2) is 0 Å². The van der Waals surface area contributed by atoms with E-state index in [0.29, 0.717) is 17.9 Å². The molecule has 0 saturated heterocycles. The summed E-state index contributed by atoms with van der Waals surface area (Å²) < 4.78 is 11.0. The lowest BCUT2D eigenvalue weighted by molar-refractivity contribution is 0.306. The molecule has 0 aliphatic carbocycles. The molecule has 3 aromatic rings. The lowest BCUT2D eigenvalue weighted by Crippen LogP contribution is -1.99. The first-order valence-corrected chi connectivity index (χ1v) is 8.60. The molecular weight excluding hydrogens is 316 g/mol. The summed E-state index contributed by atoms with van der Waals surface area (Å²) in [4.78, 5) is 12.5. The summed E-state index contributed by atoms with van der Waals surface area (Å²) in [7, 11) is 1.41. The quantitative estimate of drug-likeness (QED) is 0.430. The second-order valence-electron chi connectivity index (χ2n) is 4.93. The minimum absolute atomic E-state index is 0.345. The zero-order chi connectivity index (χ0) is 15.5. The fourth-order valence-electron chi connectivity index (χ4n) is 2.21. The highest BCUT2D eigenvalue weighted by Gasteiger charge is 2.04. The van der Waals surface area contributed by atoms with Crippen LogP contribution in [0.2, 0.25) is 0 Å². The Bertz CT molecular complexity index is 854. The van der Waals surface area contributed by atoms with Crippen LogP contribution in [0.25, 0.3) is 11.0 Å². The van der Waals surface area contributed by atoms with E-state index < -0.39 is 0 Å². The molecule has 5 heteroatoms. The molecule has 3 rings (SSSR count). The van der Waals surface area contributed by atoms with Crippen LogP contribution in [0.3, 0.4) is 0 Å². The Hall–Kier alpha value is -1.85. The van der Waals surface area contributed by atoms with Crippen LogP contribution in [0, 0.1) is 6.92 Å². The van der Waals surface area contributed by atoms with E-state index in [1.807, 2.05) is 43.3 Å². The SMILES string of the molecule is Cc1cc(=O)oc2cc(OCc3ccc(SS)cc3)ccc12. The largest absolute Gasteiger partial charge is 0.489 e. The molecule has 0 radical (unpaired) electrons. The van der Waals surface area contributed by atoms with Crippen molar-refractivity contribution in [1.82, 2.24) is 0 Å². The monoisotopic (exact) mass is 330 g/mol. The van der Waals surface area contributed by atoms with Gasteiger partial charge in [0.15, 0.2) is 0 Å². The molecule has 0 unspecified atom stereocenters. The molecule has 0 aliphatic rings. The molecule has 0 amide bonds. The Labute approximate surface area is 137 Å². The number of hydrogen-bond donors (Lipinski definition) is 1. The van der Waals surface area contributed by atoms with Crippen LogP contribution in [0.1, 0.15) is 11.1 Å². The lowest BCUT2D eigenvalue weighted by atomic mass is 10.1. The van der Waals surface area contributed by atoms with Gasteiger partial charge in [-0.1, -0.05) is 22.9 Å². The van der Waals surface area contributed by atoms with Crippen molar-refractivity contribution >= 4 is 33.4 Å². The normalized spacial score (nSPS) is 10.8. The third-order valence-electron chi connectivity index (χ3n) is 3.36. The van der Waals surface area contributed by atoms with E-state index in [1.165, 1.54) is 16.9 Å². The summed E-state index contributed by atoms with van der Waals surface area (Å²) in [6.45, 7) is 2.35. The van der Waals surface area contributed by atoms with Crippen molar-refractivity contribution in [2.24, 2.45) is 0 Å². The maximum Gasteiger partial charge on any atom is 0.336 e. The van der Waals surface area contributed by atoms with Gasteiger partial charge >= 0.3 is 5.63 Å². The number of rotatable bonds is 4. The predicted octanol–water partition coefficient (Wildman–Crippen LogP) is 4.62. The predicted molar refractivity (Wildman–Crippen MR) is 92.8 cm³/mol. The smallest absolute Gasteiger partial charge is 0.336 e. The average Bonchev–Trinajstić information content (AvgIpc) is 2.53. The Balaban J connectivity index is 1.80. The summed E-state index contributed by atoms with van der Waals surface area (Å²) in [5, 5.41) is 0.919. The van der Waals surface area contributed by atoms with E-state index in [4.69, 9.17) is 9.15 Å². The zero-order valence-electron chi connectivity index (χ0n) is 11.9. The number of thiol groups is 1. The number of benzene rings is 2. The highest BCUT2D eigenvalue weighted by Crippen LogP contribution is 2.24. The maximum atomic E-state index is 11.4. The molecular formula is C17H14O3S2. The average molecular weight is 330 g/mol. The molecule has 0 spiro atoms. The van der Waals surface area contributed by atoms with E-state index in [2.05, 4.69) is 11.7 Å². The summed E-state index contributed by atoms with van der Waals surface area (Å²) in [5.74, 6) is 0.675. The molecule has 0 N–H and O–H groups in total. The first kappa shape index (κ1) is 15.1. The van der Waals surface area contributed by atoms with Crippen molar-refractivity contribution in [2.45, 2.75) is 18.4 Å². The molecule has 0 aliphatic heterocycles. The van der Waals surface area contributed by atoms with E-state index in [0.717, 1.165) is 21.4 Å². The van der Waals surface area contributed by atoms with Crippen LogP contribution in [0.4, 0.5) is 0 Å². The van der Waals surface area contributed by atoms with Gasteiger partial charge in [0.05, 0.1) is 0 Å². The highest BCUT2D eigenvalue weighted by atomic mass is 33.1. The molecule has 3 nitrogen and oxygen atoms in total.